The number of aromatic amines is 1. The van der Waals surface area contributed by atoms with E-state index in [1.54, 1.807) is 0 Å². The number of benzene rings is 1. The van der Waals surface area contributed by atoms with Crippen LogP contribution < -0.4 is 10.9 Å². The van der Waals surface area contributed by atoms with Crippen molar-refractivity contribution in [3.63, 3.8) is 0 Å². The first-order valence-electron chi connectivity index (χ1n) is 6.38. The molecular formula is C14H16Cl2N4O. The molecule has 1 aromatic heterocycles. The minimum Gasteiger partial charge on any atom is -0.380 e. The summed E-state index contributed by atoms with van der Waals surface area (Å²) in [5, 5.41) is 9.99. The summed E-state index contributed by atoms with van der Waals surface area (Å²) in [7, 11) is 3.97. The molecule has 0 amide bonds. The number of nitrogens with zero attached hydrogens (tertiary/aromatic N) is 2. The van der Waals surface area contributed by atoms with E-state index in [0.29, 0.717) is 17.3 Å². The Morgan fingerprint density at radius 3 is 2.57 bits per heavy atom. The predicted molar refractivity (Wildman–Crippen MR) is 86.2 cm³/mol. The summed E-state index contributed by atoms with van der Waals surface area (Å²) < 4.78 is 0. The smallest absolute Gasteiger partial charge is 0.285 e. The van der Waals surface area contributed by atoms with Crippen LogP contribution in [0.5, 0.6) is 0 Å². The van der Waals surface area contributed by atoms with Crippen LogP contribution in [0.2, 0.25) is 10.0 Å². The summed E-state index contributed by atoms with van der Waals surface area (Å²) in [5.41, 5.74) is 1.22. The first-order chi connectivity index (χ1) is 9.99. The molecule has 0 bridgehead atoms. The van der Waals surface area contributed by atoms with Crippen molar-refractivity contribution in [1.82, 2.24) is 15.1 Å². The molecule has 2 N–H and O–H groups in total. The minimum absolute atomic E-state index is 0.109. The highest BCUT2D eigenvalue weighted by Gasteiger charge is 2.15. The molecule has 7 heteroatoms. The number of halogens is 2. The van der Waals surface area contributed by atoms with E-state index < -0.39 is 5.56 Å². The molecule has 0 aliphatic heterocycles. The van der Waals surface area contributed by atoms with Crippen LogP contribution in [-0.4, -0.2) is 35.7 Å². The lowest BCUT2D eigenvalue weighted by molar-refractivity contribution is 0.312. The first-order valence-corrected chi connectivity index (χ1v) is 7.13. The highest BCUT2D eigenvalue weighted by Crippen LogP contribution is 2.22. The third-order valence-electron chi connectivity index (χ3n) is 3.16. The predicted octanol–water partition coefficient (Wildman–Crippen LogP) is 2.79. The zero-order chi connectivity index (χ0) is 15.4. The van der Waals surface area contributed by atoms with Gasteiger partial charge in [0.15, 0.2) is 0 Å². The largest absolute Gasteiger partial charge is 0.380 e. The van der Waals surface area contributed by atoms with Crippen molar-refractivity contribution < 1.29 is 0 Å². The third kappa shape index (κ3) is 3.97. The molecule has 0 radical (unpaired) electrons. The Kier molecular flexibility index (Phi) is 5.22. The van der Waals surface area contributed by atoms with Gasteiger partial charge in [0, 0.05) is 11.6 Å². The molecule has 5 nitrogen and oxygen atoms in total. The van der Waals surface area contributed by atoms with Crippen molar-refractivity contribution in [2.24, 2.45) is 0 Å². The van der Waals surface area contributed by atoms with E-state index in [2.05, 4.69) is 20.4 Å². The van der Waals surface area contributed by atoms with Gasteiger partial charge in [-0.2, -0.15) is 5.10 Å². The molecule has 0 aliphatic carbocycles. The lowest BCUT2D eigenvalue weighted by Crippen LogP contribution is -2.27. The maximum absolute atomic E-state index is 11.4. The van der Waals surface area contributed by atoms with Gasteiger partial charge in [-0.15, -0.1) is 0 Å². The number of hydrogen-bond donors (Lipinski definition) is 2. The zero-order valence-electron chi connectivity index (χ0n) is 11.7. The normalized spacial score (nSPS) is 12.4. The number of aromatic nitrogens is 2. The molecule has 0 spiro atoms. The quantitative estimate of drug-likeness (QED) is 0.886. The third-order valence-corrected chi connectivity index (χ3v) is 3.79. The molecule has 1 atom stereocenters. The minimum atomic E-state index is -0.408. The highest BCUT2D eigenvalue weighted by molar-refractivity contribution is 6.32. The van der Waals surface area contributed by atoms with Crippen molar-refractivity contribution in [1.29, 1.82) is 0 Å². The van der Waals surface area contributed by atoms with Crippen LogP contribution in [0, 0.1) is 0 Å². The van der Waals surface area contributed by atoms with Crippen LogP contribution in [0.1, 0.15) is 11.6 Å². The summed E-state index contributed by atoms with van der Waals surface area (Å²) in [4.78, 5) is 13.5. The summed E-state index contributed by atoms with van der Waals surface area (Å²) in [6.07, 6.45) is 1.50. The number of H-pyrrole nitrogens is 1. The van der Waals surface area contributed by atoms with Crippen molar-refractivity contribution in [2.75, 3.05) is 26.0 Å². The van der Waals surface area contributed by atoms with Gasteiger partial charge in [0.1, 0.15) is 5.02 Å². The van der Waals surface area contributed by atoms with Crippen LogP contribution in [0.15, 0.2) is 35.3 Å². The number of likely N-dealkylation sites (N-methyl/N-ethyl adjacent to an activating group) is 1. The second kappa shape index (κ2) is 6.93. The van der Waals surface area contributed by atoms with Crippen molar-refractivity contribution in [3.8, 4) is 0 Å². The van der Waals surface area contributed by atoms with Crippen molar-refractivity contribution in [2.45, 2.75) is 6.04 Å². The fraction of sp³-hybridized carbons (Fsp3) is 0.286. The molecule has 0 saturated heterocycles. The number of nitrogens with one attached hydrogen (secondary N) is 2. The molecular weight excluding hydrogens is 311 g/mol. The van der Waals surface area contributed by atoms with E-state index >= 15 is 0 Å². The molecule has 112 valence electrons. The van der Waals surface area contributed by atoms with Crippen LogP contribution in [0.4, 0.5) is 5.69 Å². The average molecular weight is 327 g/mol. The van der Waals surface area contributed by atoms with Gasteiger partial charge in [-0.25, -0.2) is 5.10 Å². The van der Waals surface area contributed by atoms with Crippen LogP contribution >= 0.6 is 23.2 Å². The summed E-state index contributed by atoms with van der Waals surface area (Å²) in [6, 6.07) is 7.78. The van der Waals surface area contributed by atoms with Crippen molar-refractivity contribution >= 4 is 28.9 Å². The van der Waals surface area contributed by atoms with E-state index in [1.807, 2.05) is 38.4 Å². The van der Waals surface area contributed by atoms with Gasteiger partial charge < -0.3 is 10.2 Å². The second-order valence-electron chi connectivity index (χ2n) is 4.84. The number of rotatable bonds is 5. The molecule has 1 unspecified atom stereocenters. The van der Waals surface area contributed by atoms with Crippen LogP contribution in [0.3, 0.4) is 0 Å². The monoisotopic (exact) mass is 326 g/mol. The molecule has 1 aromatic carbocycles. The molecule has 1 heterocycles. The summed E-state index contributed by atoms with van der Waals surface area (Å²) >= 11 is 11.9. The van der Waals surface area contributed by atoms with Gasteiger partial charge in [-0.3, -0.25) is 4.79 Å². The Labute approximate surface area is 132 Å². The maximum Gasteiger partial charge on any atom is 0.285 e. The maximum atomic E-state index is 11.4. The molecule has 21 heavy (non-hydrogen) atoms. The summed E-state index contributed by atoms with van der Waals surface area (Å²) in [5.74, 6) is 0. The molecule has 0 fully saturated rings. The van der Waals surface area contributed by atoms with E-state index in [1.165, 1.54) is 6.20 Å². The molecule has 2 aromatic rings. The fourth-order valence-electron chi connectivity index (χ4n) is 2.00. The average Bonchev–Trinajstić information content (AvgIpc) is 2.45. The first kappa shape index (κ1) is 15.8. The van der Waals surface area contributed by atoms with Gasteiger partial charge in [-0.1, -0.05) is 35.3 Å². The Morgan fingerprint density at radius 2 is 1.95 bits per heavy atom. The van der Waals surface area contributed by atoms with Gasteiger partial charge in [-0.05, 0) is 31.8 Å². The lowest BCUT2D eigenvalue weighted by Gasteiger charge is -2.25. The Hall–Kier alpha value is -1.56. The van der Waals surface area contributed by atoms with Crippen LogP contribution in [0.25, 0.3) is 0 Å². The molecule has 0 saturated carbocycles. The fourth-order valence-corrected chi connectivity index (χ4v) is 2.28. The summed E-state index contributed by atoms with van der Waals surface area (Å²) in [6.45, 7) is 0.583. The SMILES string of the molecule is CN(C)C(CNc1cn[nH]c(=O)c1Cl)c1ccc(Cl)cc1. The second-order valence-corrected chi connectivity index (χ2v) is 5.65. The zero-order valence-corrected chi connectivity index (χ0v) is 13.2. The van der Waals surface area contributed by atoms with E-state index in [0.717, 1.165) is 5.56 Å². The van der Waals surface area contributed by atoms with Gasteiger partial charge in [0.05, 0.1) is 17.9 Å². The van der Waals surface area contributed by atoms with E-state index in [4.69, 9.17) is 23.2 Å². The number of anilines is 1. The number of hydrogen-bond acceptors (Lipinski definition) is 4. The van der Waals surface area contributed by atoms with Gasteiger partial charge in [0.2, 0.25) is 0 Å². The Bertz CT molecular complexity index is 655. The van der Waals surface area contributed by atoms with Gasteiger partial charge in [0.25, 0.3) is 5.56 Å². The Morgan fingerprint density at radius 1 is 1.29 bits per heavy atom. The standard InChI is InChI=1S/C14H16Cl2N4O/c1-20(2)12(9-3-5-10(15)6-4-9)8-17-11-7-18-19-14(21)13(11)16/h3-7,12H,8H2,1-2H3,(H2,17,19,21). The Balaban J connectivity index is 2.16. The van der Waals surface area contributed by atoms with E-state index in [9.17, 15) is 4.79 Å². The van der Waals surface area contributed by atoms with E-state index in [-0.39, 0.29) is 11.1 Å². The topological polar surface area (TPSA) is 61.0 Å². The highest BCUT2D eigenvalue weighted by atomic mass is 35.5. The van der Waals surface area contributed by atoms with Crippen molar-refractivity contribution in [3.05, 3.63) is 56.4 Å². The molecule has 0 aliphatic rings. The van der Waals surface area contributed by atoms with Crippen LogP contribution in [-0.2, 0) is 0 Å². The van der Waals surface area contributed by atoms with Gasteiger partial charge >= 0.3 is 0 Å². The lowest BCUT2D eigenvalue weighted by atomic mass is 10.1. The molecule has 2 rings (SSSR count).